The van der Waals surface area contributed by atoms with Crippen LogP contribution in [0.3, 0.4) is 0 Å². The molecule has 0 aromatic carbocycles. The lowest BCUT2D eigenvalue weighted by Crippen LogP contribution is -2.55. The largest absolute Gasteiger partial charge is 0.480 e. The van der Waals surface area contributed by atoms with Crippen molar-refractivity contribution in [2.24, 2.45) is 17.6 Å². The second-order valence-corrected chi connectivity index (χ2v) is 9.55. The van der Waals surface area contributed by atoms with Crippen LogP contribution in [-0.2, 0) is 9.59 Å². The maximum atomic E-state index is 13.0. The fourth-order valence-corrected chi connectivity index (χ4v) is 4.80. The van der Waals surface area contributed by atoms with Gasteiger partial charge in [-0.25, -0.2) is 9.59 Å². The highest BCUT2D eigenvalue weighted by Crippen LogP contribution is 2.28. The normalized spacial score (nSPS) is 24.1. The average molecular weight is 439 g/mol. The number of unbranched alkanes of at least 4 members (excludes halogenated alkanes) is 1. The molecule has 0 aromatic heterocycles. The third-order valence-electron chi connectivity index (χ3n) is 6.83. The molecule has 0 aliphatic heterocycles. The van der Waals surface area contributed by atoms with Gasteiger partial charge in [0, 0.05) is 6.04 Å². The number of urea groups is 1. The Kier molecular flexibility index (Phi) is 11.1. The first kappa shape index (κ1) is 25.4. The molecule has 2 aliphatic carbocycles. The number of carboxylic acids is 1. The molecule has 31 heavy (non-hydrogen) atoms. The van der Waals surface area contributed by atoms with Crippen LogP contribution in [0, 0.1) is 11.8 Å². The van der Waals surface area contributed by atoms with Crippen molar-refractivity contribution in [2.45, 2.75) is 109 Å². The first-order valence-corrected chi connectivity index (χ1v) is 12.2. The zero-order valence-electron chi connectivity index (χ0n) is 19.0. The summed E-state index contributed by atoms with van der Waals surface area (Å²) in [4.78, 5) is 37.1. The number of hydrogen-bond acceptors (Lipinski definition) is 4. The topological polar surface area (TPSA) is 134 Å². The fourth-order valence-electron chi connectivity index (χ4n) is 4.80. The number of amides is 3. The number of nitrogens with one attached hydrogen (secondary N) is 3. The van der Waals surface area contributed by atoms with Gasteiger partial charge in [-0.1, -0.05) is 39.0 Å². The highest BCUT2D eigenvalue weighted by Gasteiger charge is 2.29. The van der Waals surface area contributed by atoms with E-state index in [-0.39, 0.29) is 11.9 Å². The van der Waals surface area contributed by atoms with Crippen LogP contribution in [0.2, 0.25) is 0 Å². The Bertz CT molecular complexity index is 572. The van der Waals surface area contributed by atoms with Gasteiger partial charge in [0.1, 0.15) is 12.1 Å². The van der Waals surface area contributed by atoms with Crippen molar-refractivity contribution in [2.75, 3.05) is 6.54 Å². The molecular weight excluding hydrogens is 396 g/mol. The first-order valence-electron chi connectivity index (χ1n) is 12.2. The molecule has 0 aromatic rings. The Labute approximate surface area is 186 Å². The number of rotatable bonds is 11. The van der Waals surface area contributed by atoms with Crippen LogP contribution in [0.1, 0.15) is 90.4 Å². The molecule has 0 heterocycles. The van der Waals surface area contributed by atoms with Crippen molar-refractivity contribution in [3.8, 4) is 0 Å². The molecule has 0 saturated heterocycles. The molecule has 0 spiro atoms. The summed E-state index contributed by atoms with van der Waals surface area (Å²) in [5.41, 5.74) is 5.47. The third kappa shape index (κ3) is 9.46. The third-order valence-corrected chi connectivity index (χ3v) is 6.83. The summed E-state index contributed by atoms with van der Waals surface area (Å²) in [6.07, 6.45) is 12.1. The molecule has 0 radical (unpaired) electrons. The highest BCUT2D eigenvalue weighted by atomic mass is 16.4. The molecule has 2 saturated carbocycles. The summed E-state index contributed by atoms with van der Waals surface area (Å²) >= 11 is 0. The van der Waals surface area contributed by atoms with E-state index in [0.717, 1.165) is 51.4 Å². The molecule has 8 nitrogen and oxygen atoms in total. The van der Waals surface area contributed by atoms with Crippen molar-refractivity contribution < 1.29 is 19.5 Å². The number of nitrogens with two attached hydrogens (primary N) is 1. The molecule has 2 atom stereocenters. The second kappa shape index (κ2) is 13.6. The molecule has 2 fully saturated rings. The van der Waals surface area contributed by atoms with Gasteiger partial charge in [0.15, 0.2) is 0 Å². The average Bonchev–Trinajstić information content (AvgIpc) is 2.75. The summed E-state index contributed by atoms with van der Waals surface area (Å²) in [5.74, 6) is -0.106. The van der Waals surface area contributed by atoms with Gasteiger partial charge >= 0.3 is 12.0 Å². The van der Waals surface area contributed by atoms with Crippen LogP contribution in [0.25, 0.3) is 0 Å². The number of carbonyl (C=O) groups is 3. The molecule has 178 valence electrons. The van der Waals surface area contributed by atoms with Gasteiger partial charge in [-0.3, -0.25) is 4.79 Å². The van der Waals surface area contributed by atoms with Crippen LogP contribution in [0.4, 0.5) is 4.79 Å². The molecule has 8 heteroatoms. The van der Waals surface area contributed by atoms with Crippen molar-refractivity contribution in [1.82, 2.24) is 16.0 Å². The Morgan fingerprint density at radius 2 is 1.58 bits per heavy atom. The number of carbonyl (C=O) groups excluding carboxylic acids is 2. The van der Waals surface area contributed by atoms with Gasteiger partial charge in [-0.2, -0.15) is 0 Å². The van der Waals surface area contributed by atoms with Gasteiger partial charge in [0.25, 0.3) is 0 Å². The van der Waals surface area contributed by atoms with Crippen molar-refractivity contribution >= 4 is 17.9 Å². The van der Waals surface area contributed by atoms with Crippen LogP contribution >= 0.6 is 0 Å². The monoisotopic (exact) mass is 438 g/mol. The first-order chi connectivity index (χ1) is 14.9. The quantitative estimate of drug-likeness (QED) is 0.316. The van der Waals surface area contributed by atoms with E-state index in [1.165, 1.54) is 6.42 Å². The molecule has 2 aliphatic rings. The van der Waals surface area contributed by atoms with Crippen LogP contribution < -0.4 is 21.7 Å². The standard InChI is InChI=1S/C23H42N4O4/c1-16-10-12-18(13-11-16)25-21(28)20(15-17-7-3-2-4-8-17)27-23(31)26-19(22(29)30)9-5-6-14-24/h16-20H,2-15,24H2,1H3,(H,25,28)(H,29,30)(H2,26,27,31)/t16-,18-,19-,20+/m0/s1. The van der Waals surface area contributed by atoms with Gasteiger partial charge in [-0.15, -0.1) is 0 Å². The van der Waals surface area contributed by atoms with E-state index in [9.17, 15) is 19.5 Å². The summed E-state index contributed by atoms with van der Waals surface area (Å²) in [7, 11) is 0. The Morgan fingerprint density at radius 3 is 2.19 bits per heavy atom. The number of hydrogen-bond donors (Lipinski definition) is 5. The molecule has 2 rings (SSSR count). The number of aliphatic carboxylic acids is 1. The smallest absolute Gasteiger partial charge is 0.326 e. The van der Waals surface area contributed by atoms with Gasteiger partial charge < -0.3 is 26.8 Å². The Hall–Kier alpha value is -1.83. The summed E-state index contributed by atoms with van der Waals surface area (Å²) in [5, 5.41) is 17.9. The maximum Gasteiger partial charge on any atom is 0.326 e. The van der Waals surface area contributed by atoms with Crippen LogP contribution in [-0.4, -0.2) is 47.7 Å². The van der Waals surface area contributed by atoms with Crippen LogP contribution in [0.15, 0.2) is 0 Å². The Morgan fingerprint density at radius 1 is 0.935 bits per heavy atom. The lowest BCUT2D eigenvalue weighted by atomic mass is 9.84. The molecular formula is C23H42N4O4. The summed E-state index contributed by atoms with van der Waals surface area (Å²) in [6.45, 7) is 2.73. The highest BCUT2D eigenvalue weighted by molar-refractivity contribution is 5.88. The number of carboxylic acid groups (broad SMARTS) is 1. The Balaban J connectivity index is 1.94. The predicted molar refractivity (Wildman–Crippen MR) is 121 cm³/mol. The second-order valence-electron chi connectivity index (χ2n) is 9.55. The maximum absolute atomic E-state index is 13.0. The van der Waals surface area contributed by atoms with Crippen molar-refractivity contribution in [3.05, 3.63) is 0 Å². The zero-order valence-corrected chi connectivity index (χ0v) is 19.0. The predicted octanol–water partition coefficient (Wildman–Crippen LogP) is 2.90. The van der Waals surface area contributed by atoms with E-state index < -0.39 is 24.1 Å². The van der Waals surface area contributed by atoms with E-state index in [2.05, 4.69) is 22.9 Å². The minimum Gasteiger partial charge on any atom is -0.480 e. The minimum atomic E-state index is -1.07. The van der Waals surface area contributed by atoms with Crippen molar-refractivity contribution in [1.29, 1.82) is 0 Å². The van der Waals surface area contributed by atoms with Crippen molar-refractivity contribution in [3.63, 3.8) is 0 Å². The molecule has 6 N–H and O–H groups in total. The molecule has 0 bridgehead atoms. The lowest BCUT2D eigenvalue weighted by molar-refractivity contribution is -0.139. The summed E-state index contributed by atoms with van der Waals surface area (Å²) < 4.78 is 0. The fraction of sp³-hybridized carbons (Fsp3) is 0.870. The molecule has 3 amide bonds. The van der Waals surface area contributed by atoms with Gasteiger partial charge in [-0.05, 0) is 69.7 Å². The van der Waals surface area contributed by atoms with E-state index >= 15 is 0 Å². The van der Waals surface area contributed by atoms with E-state index in [1.54, 1.807) is 0 Å². The van der Waals surface area contributed by atoms with E-state index in [1.807, 2.05) is 0 Å². The zero-order chi connectivity index (χ0) is 22.6. The molecule has 0 unspecified atom stereocenters. The summed E-state index contributed by atoms with van der Waals surface area (Å²) in [6, 6.07) is -2.05. The van der Waals surface area contributed by atoms with Crippen LogP contribution in [0.5, 0.6) is 0 Å². The van der Waals surface area contributed by atoms with E-state index in [0.29, 0.717) is 44.1 Å². The lowest BCUT2D eigenvalue weighted by Gasteiger charge is -2.31. The van der Waals surface area contributed by atoms with E-state index in [4.69, 9.17) is 5.73 Å². The minimum absolute atomic E-state index is 0.143. The van der Waals surface area contributed by atoms with Gasteiger partial charge in [0.05, 0.1) is 0 Å². The van der Waals surface area contributed by atoms with Gasteiger partial charge in [0.2, 0.25) is 5.91 Å². The SMILES string of the molecule is C[C@H]1CC[C@H](NC(=O)[C@@H](CC2CCCCC2)NC(=O)N[C@@H](CCCCN)C(=O)O)CC1.